The molecular formula is C20H21N5O2S. The van der Waals surface area contributed by atoms with E-state index in [1.807, 2.05) is 49.4 Å². The van der Waals surface area contributed by atoms with E-state index < -0.39 is 0 Å². The van der Waals surface area contributed by atoms with Crippen molar-refractivity contribution in [3.8, 4) is 5.75 Å². The number of hydrogen-bond donors (Lipinski definition) is 1. The summed E-state index contributed by atoms with van der Waals surface area (Å²) in [5.74, 6) is 1.80. The molecule has 3 aromatic rings. The van der Waals surface area contributed by atoms with E-state index in [4.69, 9.17) is 4.74 Å². The molecule has 0 fully saturated rings. The van der Waals surface area contributed by atoms with Crippen LogP contribution in [0.5, 0.6) is 5.75 Å². The lowest BCUT2D eigenvalue weighted by atomic mass is 10.3. The minimum atomic E-state index is -0.0792. The Kier molecular flexibility index (Phi) is 5.48. The van der Waals surface area contributed by atoms with Crippen molar-refractivity contribution in [2.45, 2.75) is 18.6 Å². The SMILES string of the molecule is CCOc1ccc(NC(=O)CSc2nnc3n2CCN3c2ccccc2)cc1. The zero-order valence-electron chi connectivity index (χ0n) is 15.5. The lowest BCUT2D eigenvalue weighted by molar-refractivity contribution is -0.113. The zero-order chi connectivity index (χ0) is 19.3. The number of thioether (sulfide) groups is 1. The Morgan fingerprint density at radius 1 is 1.11 bits per heavy atom. The Morgan fingerprint density at radius 3 is 2.64 bits per heavy atom. The van der Waals surface area contributed by atoms with E-state index >= 15 is 0 Å². The first kappa shape index (κ1) is 18.4. The highest BCUT2D eigenvalue weighted by Crippen LogP contribution is 2.31. The third-order valence-corrected chi connectivity index (χ3v) is 5.30. The predicted molar refractivity (Wildman–Crippen MR) is 110 cm³/mol. The van der Waals surface area contributed by atoms with Crippen molar-refractivity contribution >= 4 is 35.0 Å². The number of nitrogens with one attached hydrogen (secondary N) is 1. The van der Waals surface area contributed by atoms with Gasteiger partial charge in [0.2, 0.25) is 11.9 Å². The van der Waals surface area contributed by atoms with Crippen molar-refractivity contribution in [1.82, 2.24) is 14.8 Å². The Balaban J connectivity index is 1.35. The number of hydrogen-bond acceptors (Lipinski definition) is 6. The quantitative estimate of drug-likeness (QED) is 0.617. The number of aromatic nitrogens is 3. The average Bonchev–Trinajstić information content (AvgIpc) is 3.31. The summed E-state index contributed by atoms with van der Waals surface area (Å²) >= 11 is 1.39. The van der Waals surface area contributed by atoms with Crippen LogP contribution in [0.25, 0.3) is 0 Å². The highest BCUT2D eigenvalue weighted by Gasteiger charge is 2.26. The number of carbonyl (C=O) groups excluding carboxylic acids is 1. The highest BCUT2D eigenvalue weighted by atomic mass is 32.2. The molecule has 0 atom stereocenters. The van der Waals surface area contributed by atoms with E-state index in [1.54, 1.807) is 0 Å². The summed E-state index contributed by atoms with van der Waals surface area (Å²) in [6.07, 6.45) is 0. The van der Waals surface area contributed by atoms with Gasteiger partial charge in [-0.2, -0.15) is 0 Å². The van der Waals surface area contributed by atoms with E-state index in [-0.39, 0.29) is 11.7 Å². The molecule has 0 bridgehead atoms. The molecule has 0 aliphatic carbocycles. The van der Waals surface area contributed by atoms with Crippen LogP contribution in [0.3, 0.4) is 0 Å². The molecule has 1 aliphatic rings. The first-order valence-corrected chi connectivity index (χ1v) is 10.1. The molecule has 4 rings (SSSR count). The maximum atomic E-state index is 12.3. The third kappa shape index (κ3) is 3.96. The molecule has 0 radical (unpaired) electrons. The highest BCUT2D eigenvalue weighted by molar-refractivity contribution is 7.99. The number of rotatable bonds is 7. The van der Waals surface area contributed by atoms with Gasteiger partial charge in [-0.15, -0.1) is 10.2 Å². The summed E-state index contributed by atoms with van der Waals surface area (Å²) in [4.78, 5) is 14.4. The number of anilines is 3. The lowest BCUT2D eigenvalue weighted by Gasteiger charge is -2.14. The fourth-order valence-electron chi connectivity index (χ4n) is 3.06. The van der Waals surface area contributed by atoms with Crippen LogP contribution in [-0.4, -0.2) is 39.6 Å². The van der Waals surface area contributed by atoms with Crippen LogP contribution in [0.2, 0.25) is 0 Å². The molecule has 2 heterocycles. The van der Waals surface area contributed by atoms with Crippen LogP contribution >= 0.6 is 11.8 Å². The van der Waals surface area contributed by atoms with Gasteiger partial charge in [0.25, 0.3) is 0 Å². The number of nitrogens with zero attached hydrogens (tertiary/aromatic N) is 4. The molecule has 1 aromatic heterocycles. The largest absolute Gasteiger partial charge is 0.494 e. The van der Waals surface area contributed by atoms with Gasteiger partial charge in [-0.05, 0) is 43.3 Å². The van der Waals surface area contributed by atoms with E-state index in [2.05, 4.69) is 37.1 Å². The van der Waals surface area contributed by atoms with Crippen molar-refractivity contribution < 1.29 is 9.53 Å². The van der Waals surface area contributed by atoms with Gasteiger partial charge in [0, 0.05) is 24.5 Å². The van der Waals surface area contributed by atoms with Crippen LogP contribution < -0.4 is 15.0 Å². The Morgan fingerprint density at radius 2 is 1.89 bits per heavy atom. The number of para-hydroxylation sites is 1. The average molecular weight is 395 g/mol. The van der Waals surface area contributed by atoms with Crippen molar-refractivity contribution in [2.24, 2.45) is 0 Å². The van der Waals surface area contributed by atoms with Gasteiger partial charge in [-0.3, -0.25) is 9.36 Å². The molecule has 144 valence electrons. The summed E-state index contributed by atoms with van der Waals surface area (Å²) in [6.45, 7) is 4.21. The predicted octanol–water partition coefficient (Wildman–Crippen LogP) is 3.56. The summed E-state index contributed by atoms with van der Waals surface area (Å²) in [7, 11) is 0. The first-order chi connectivity index (χ1) is 13.7. The van der Waals surface area contributed by atoms with Gasteiger partial charge < -0.3 is 15.0 Å². The molecular weight excluding hydrogens is 374 g/mol. The number of amides is 1. The maximum Gasteiger partial charge on any atom is 0.234 e. The molecule has 0 spiro atoms. The minimum Gasteiger partial charge on any atom is -0.494 e. The van der Waals surface area contributed by atoms with Crippen molar-refractivity contribution in [2.75, 3.05) is 29.1 Å². The van der Waals surface area contributed by atoms with Gasteiger partial charge in [0.15, 0.2) is 5.16 Å². The van der Waals surface area contributed by atoms with Gasteiger partial charge in [0.1, 0.15) is 5.75 Å². The number of fused-ring (bicyclic) bond motifs is 1. The van der Waals surface area contributed by atoms with Crippen molar-refractivity contribution in [3.05, 3.63) is 54.6 Å². The van der Waals surface area contributed by atoms with Crippen LogP contribution in [0.1, 0.15) is 6.92 Å². The summed E-state index contributed by atoms with van der Waals surface area (Å²) in [5, 5.41) is 12.2. The topological polar surface area (TPSA) is 72.3 Å². The van der Waals surface area contributed by atoms with Crippen LogP contribution in [-0.2, 0) is 11.3 Å². The Bertz CT molecular complexity index is 943. The molecule has 8 heteroatoms. The molecule has 1 N–H and O–H groups in total. The van der Waals surface area contributed by atoms with Crippen LogP contribution in [0, 0.1) is 0 Å². The lowest BCUT2D eigenvalue weighted by Crippen LogP contribution is -2.14. The second-order valence-electron chi connectivity index (χ2n) is 6.22. The summed E-state index contributed by atoms with van der Waals surface area (Å²) < 4.78 is 7.46. The van der Waals surface area contributed by atoms with Gasteiger partial charge >= 0.3 is 0 Å². The standard InChI is InChI=1S/C20H21N5O2S/c1-2-27-17-10-8-15(9-11-17)21-18(26)14-28-20-23-22-19-24(12-13-25(19)20)16-6-4-3-5-7-16/h3-11H,2,12-14H2,1H3,(H,21,26). The molecule has 28 heavy (non-hydrogen) atoms. The molecule has 7 nitrogen and oxygen atoms in total. The van der Waals surface area contributed by atoms with Crippen molar-refractivity contribution in [3.63, 3.8) is 0 Å². The van der Waals surface area contributed by atoms with Crippen LogP contribution in [0.4, 0.5) is 17.3 Å². The first-order valence-electron chi connectivity index (χ1n) is 9.16. The second-order valence-corrected chi connectivity index (χ2v) is 7.16. The minimum absolute atomic E-state index is 0.0792. The second kappa shape index (κ2) is 8.35. The van der Waals surface area contributed by atoms with Crippen LogP contribution in [0.15, 0.2) is 59.8 Å². The Labute approximate surface area is 167 Å². The normalized spacial score (nSPS) is 12.7. The smallest absolute Gasteiger partial charge is 0.234 e. The van der Waals surface area contributed by atoms with Gasteiger partial charge in [0.05, 0.1) is 12.4 Å². The van der Waals surface area contributed by atoms with E-state index in [0.717, 1.165) is 41.3 Å². The molecule has 0 saturated carbocycles. The fraction of sp³-hybridized carbons (Fsp3) is 0.250. The number of ether oxygens (including phenoxy) is 1. The molecule has 0 saturated heterocycles. The zero-order valence-corrected chi connectivity index (χ0v) is 16.4. The Hall–Kier alpha value is -3.00. The number of benzene rings is 2. The van der Waals surface area contributed by atoms with E-state index in [0.29, 0.717) is 6.61 Å². The molecule has 0 unspecified atom stereocenters. The molecule has 1 amide bonds. The van der Waals surface area contributed by atoms with E-state index in [1.165, 1.54) is 11.8 Å². The third-order valence-electron chi connectivity index (χ3n) is 4.34. The summed E-state index contributed by atoms with van der Waals surface area (Å²) in [5.41, 5.74) is 1.84. The molecule has 1 aliphatic heterocycles. The molecule has 2 aromatic carbocycles. The van der Waals surface area contributed by atoms with Gasteiger partial charge in [-0.1, -0.05) is 30.0 Å². The fourth-order valence-corrected chi connectivity index (χ4v) is 3.82. The number of carbonyl (C=O) groups is 1. The van der Waals surface area contributed by atoms with E-state index in [9.17, 15) is 4.79 Å². The van der Waals surface area contributed by atoms with Crippen molar-refractivity contribution in [1.29, 1.82) is 0 Å². The monoisotopic (exact) mass is 395 g/mol. The van der Waals surface area contributed by atoms with Gasteiger partial charge in [-0.25, -0.2) is 0 Å². The maximum absolute atomic E-state index is 12.3. The summed E-state index contributed by atoms with van der Waals surface area (Å²) in [6, 6.07) is 17.5.